The summed E-state index contributed by atoms with van der Waals surface area (Å²) >= 11 is 0. The Balaban J connectivity index is 0.00000133. The minimum absolute atomic E-state index is 0.0281. The van der Waals surface area contributed by atoms with Crippen molar-refractivity contribution in [2.75, 3.05) is 12.8 Å². The fourth-order valence-corrected chi connectivity index (χ4v) is 3.58. The van der Waals surface area contributed by atoms with Gasteiger partial charge >= 0.3 is 0 Å². The number of nitrogens with two attached hydrogens (primary N) is 1. The Bertz CT molecular complexity index is 1410. The molecule has 1 aromatic carbocycles. The van der Waals surface area contributed by atoms with Gasteiger partial charge in [0.1, 0.15) is 11.3 Å². The van der Waals surface area contributed by atoms with Crippen LogP contribution in [0.15, 0.2) is 73.1 Å². The molecule has 0 aliphatic carbocycles. The van der Waals surface area contributed by atoms with Crippen LogP contribution in [0.1, 0.15) is 19.4 Å². The highest BCUT2D eigenvalue weighted by Gasteiger charge is 2.18. The predicted molar refractivity (Wildman–Crippen MR) is 134 cm³/mol. The Hall–Kier alpha value is -4.30. The van der Waals surface area contributed by atoms with Gasteiger partial charge in [-0.15, -0.1) is 0 Å². The SMILES string of the molecule is CC.COc1cc(-c2ccc3nc(-c4cccnc4N)n(-c4ccc(CO)cc4)c3n2)ccn1. The number of imidazole rings is 1. The molecular formula is C26H26N6O2. The molecule has 0 aliphatic rings. The van der Waals surface area contributed by atoms with Gasteiger partial charge in [0.15, 0.2) is 11.5 Å². The summed E-state index contributed by atoms with van der Waals surface area (Å²) < 4.78 is 7.21. The van der Waals surface area contributed by atoms with Crippen molar-refractivity contribution in [2.24, 2.45) is 0 Å². The zero-order valence-electron chi connectivity index (χ0n) is 19.3. The van der Waals surface area contributed by atoms with Gasteiger partial charge in [-0.25, -0.2) is 19.9 Å². The van der Waals surface area contributed by atoms with Gasteiger partial charge < -0.3 is 15.6 Å². The molecule has 0 fully saturated rings. The molecule has 0 atom stereocenters. The lowest BCUT2D eigenvalue weighted by atomic mass is 10.1. The standard InChI is InChI=1S/C24H20N6O2.C2H6/c1-32-21-13-16(10-12-26-21)19-8-9-20-24(28-19)30(17-6-4-15(14-31)5-7-17)23(29-20)18-3-2-11-27-22(18)25;1-2/h2-13,31H,14H2,1H3,(H2,25,27);1-2H3. The molecule has 5 rings (SSSR count). The van der Waals surface area contributed by atoms with E-state index in [4.69, 9.17) is 20.4 Å². The van der Waals surface area contributed by atoms with Crippen LogP contribution in [0.3, 0.4) is 0 Å². The zero-order chi connectivity index (χ0) is 24.1. The maximum absolute atomic E-state index is 9.43. The second kappa shape index (κ2) is 10.1. The van der Waals surface area contributed by atoms with Crippen molar-refractivity contribution in [1.82, 2.24) is 24.5 Å². The second-order valence-corrected chi connectivity index (χ2v) is 7.16. The molecule has 172 valence electrons. The molecule has 0 unspecified atom stereocenters. The molecule has 0 amide bonds. The van der Waals surface area contributed by atoms with Gasteiger partial charge in [0, 0.05) is 29.7 Å². The molecule has 8 heteroatoms. The molecule has 4 heterocycles. The third-order valence-corrected chi connectivity index (χ3v) is 5.20. The van der Waals surface area contributed by atoms with Crippen LogP contribution in [0.25, 0.3) is 39.5 Å². The lowest BCUT2D eigenvalue weighted by molar-refractivity contribution is 0.282. The van der Waals surface area contributed by atoms with Crippen LogP contribution in [0, 0.1) is 0 Å². The van der Waals surface area contributed by atoms with Crippen LogP contribution in [0.5, 0.6) is 5.88 Å². The number of rotatable bonds is 5. The summed E-state index contributed by atoms with van der Waals surface area (Å²) in [6, 6.07) is 18.9. The largest absolute Gasteiger partial charge is 0.481 e. The van der Waals surface area contributed by atoms with Crippen LogP contribution >= 0.6 is 0 Å². The van der Waals surface area contributed by atoms with Crippen molar-refractivity contribution >= 4 is 17.0 Å². The van der Waals surface area contributed by atoms with Crippen LogP contribution in [0.4, 0.5) is 5.82 Å². The first kappa shape index (κ1) is 22.9. The van der Waals surface area contributed by atoms with Crippen LogP contribution < -0.4 is 10.5 Å². The number of ether oxygens (including phenoxy) is 1. The fraction of sp³-hybridized carbons (Fsp3) is 0.154. The number of aliphatic hydroxyl groups is 1. The fourth-order valence-electron chi connectivity index (χ4n) is 3.58. The lowest BCUT2D eigenvalue weighted by Crippen LogP contribution is -2.02. The number of aliphatic hydroxyl groups excluding tert-OH is 1. The number of hydrogen-bond acceptors (Lipinski definition) is 7. The van der Waals surface area contributed by atoms with Crippen molar-refractivity contribution < 1.29 is 9.84 Å². The number of aromatic nitrogens is 5. The first-order valence-corrected chi connectivity index (χ1v) is 11.0. The molecular weight excluding hydrogens is 428 g/mol. The van der Waals surface area contributed by atoms with Gasteiger partial charge in [-0.2, -0.15) is 0 Å². The van der Waals surface area contributed by atoms with Crippen molar-refractivity contribution in [3.05, 3.63) is 78.6 Å². The average Bonchev–Trinajstić information content (AvgIpc) is 3.28. The second-order valence-electron chi connectivity index (χ2n) is 7.16. The Morgan fingerprint density at radius 1 is 0.941 bits per heavy atom. The number of nitrogen functional groups attached to an aromatic ring is 1. The van der Waals surface area contributed by atoms with Crippen molar-refractivity contribution in [1.29, 1.82) is 0 Å². The monoisotopic (exact) mass is 454 g/mol. The lowest BCUT2D eigenvalue weighted by Gasteiger charge is -2.11. The third-order valence-electron chi connectivity index (χ3n) is 5.20. The van der Waals surface area contributed by atoms with E-state index in [9.17, 15) is 5.11 Å². The van der Waals surface area contributed by atoms with Crippen molar-refractivity contribution in [3.63, 3.8) is 0 Å². The number of nitrogens with zero attached hydrogens (tertiary/aromatic N) is 5. The number of fused-ring (bicyclic) bond motifs is 1. The quantitative estimate of drug-likeness (QED) is 0.397. The molecule has 4 aromatic heterocycles. The number of benzene rings is 1. The smallest absolute Gasteiger partial charge is 0.213 e. The van der Waals surface area contributed by atoms with Gasteiger partial charge in [0.05, 0.1) is 25.0 Å². The van der Waals surface area contributed by atoms with E-state index in [1.54, 1.807) is 19.5 Å². The van der Waals surface area contributed by atoms with E-state index in [0.29, 0.717) is 28.7 Å². The third kappa shape index (κ3) is 4.31. The van der Waals surface area contributed by atoms with E-state index in [0.717, 1.165) is 28.0 Å². The maximum atomic E-state index is 9.43. The number of anilines is 1. The van der Waals surface area contributed by atoms with E-state index in [1.165, 1.54) is 0 Å². The molecule has 0 saturated carbocycles. The van der Waals surface area contributed by atoms with E-state index in [-0.39, 0.29) is 6.61 Å². The van der Waals surface area contributed by atoms with Gasteiger partial charge in [0.25, 0.3) is 0 Å². The van der Waals surface area contributed by atoms with Crippen molar-refractivity contribution in [3.8, 4) is 34.2 Å². The van der Waals surface area contributed by atoms with Crippen LogP contribution in [-0.4, -0.2) is 36.7 Å². The molecule has 3 N–H and O–H groups in total. The molecule has 0 spiro atoms. The normalized spacial score (nSPS) is 10.6. The van der Waals surface area contributed by atoms with E-state index >= 15 is 0 Å². The average molecular weight is 455 g/mol. The summed E-state index contributed by atoms with van der Waals surface area (Å²) in [5.41, 5.74) is 11.6. The van der Waals surface area contributed by atoms with Gasteiger partial charge in [-0.1, -0.05) is 26.0 Å². The van der Waals surface area contributed by atoms with Crippen LogP contribution in [-0.2, 0) is 6.61 Å². The molecule has 0 saturated heterocycles. The minimum atomic E-state index is -0.0281. The summed E-state index contributed by atoms with van der Waals surface area (Å²) in [6.45, 7) is 3.97. The summed E-state index contributed by atoms with van der Waals surface area (Å²) in [4.78, 5) is 18.1. The number of methoxy groups -OCH3 is 1. The summed E-state index contributed by atoms with van der Waals surface area (Å²) in [5, 5.41) is 9.43. The highest BCUT2D eigenvalue weighted by molar-refractivity contribution is 5.84. The van der Waals surface area contributed by atoms with E-state index < -0.39 is 0 Å². The summed E-state index contributed by atoms with van der Waals surface area (Å²) in [5.74, 6) is 1.54. The highest BCUT2D eigenvalue weighted by Crippen LogP contribution is 2.32. The van der Waals surface area contributed by atoms with Gasteiger partial charge in [-0.3, -0.25) is 4.57 Å². The molecule has 0 aliphatic heterocycles. The molecule has 0 bridgehead atoms. The highest BCUT2D eigenvalue weighted by atomic mass is 16.5. The molecule has 5 aromatic rings. The zero-order valence-corrected chi connectivity index (χ0v) is 19.3. The molecule has 34 heavy (non-hydrogen) atoms. The summed E-state index contributed by atoms with van der Waals surface area (Å²) in [7, 11) is 1.58. The topological polar surface area (TPSA) is 112 Å². The first-order chi connectivity index (χ1) is 16.7. The van der Waals surface area contributed by atoms with Crippen LogP contribution in [0.2, 0.25) is 0 Å². The molecule has 0 radical (unpaired) electrons. The first-order valence-electron chi connectivity index (χ1n) is 11.0. The van der Waals surface area contributed by atoms with Gasteiger partial charge in [0.2, 0.25) is 5.88 Å². The minimum Gasteiger partial charge on any atom is -0.481 e. The number of hydrogen-bond donors (Lipinski definition) is 2. The Morgan fingerprint density at radius 3 is 2.44 bits per heavy atom. The van der Waals surface area contributed by atoms with Crippen molar-refractivity contribution in [2.45, 2.75) is 20.5 Å². The molecule has 8 nitrogen and oxygen atoms in total. The van der Waals surface area contributed by atoms with Gasteiger partial charge in [-0.05, 0) is 48.0 Å². The Labute approximate surface area is 197 Å². The maximum Gasteiger partial charge on any atom is 0.213 e. The Morgan fingerprint density at radius 2 is 1.74 bits per heavy atom. The van der Waals surface area contributed by atoms with E-state index in [2.05, 4.69) is 9.97 Å². The number of pyridine rings is 3. The van der Waals surface area contributed by atoms with E-state index in [1.807, 2.05) is 79.1 Å². The Kier molecular flexibility index (Phi) is 6.79. The predicted octanol–water partition coefficient (Wildman–Crippen LogP) is 4.65. The summed E-state index contributed by atoms with van der Waals surface area (Å²) in [6.07, 6.45) is 3.34.